The lowest BCUT2D eigenvalue weighted by Crippen LogP contribution is -2.35. The van der Waals surface area contributed by atoms with E-state index in [-0.39, 0.29) is 11.3 Å². The van der Waals surface area contributed by atoms with Crippen molar-refractivity contribution >= 4 is 23.2 Å². The molecule has 2 heterocycles. The Hall–Kier alpha value is -1.85. The normalized spacial score (nSPS) is 21.4. The van der Waals surface area contributed by atoms with Crippen LogP contribution in [0.3, 0.4) is 0 Å². The van der Waals surface area contributed by atoms with Crippen LogP contribution in [0.5, 0.6) is 0 Å². The second-order valence-electron chi connectivity index (χ2n) is 5.53. The molecule has 1 aromatic heterocycles. The Labute approximate surface area is 128 Å². The summed E-state index contributed by atoms with van der Waals surface area (Å²) in [5.74, 6) is 0.00294. The number of amides is 1. The largest absolute Gasteiger partial charge is 0.324 e. The third-order valence-corrected chi connectivity index (χ3v) is 4.19. The number of benzene rings is 1. The van der Waals surface area contributed by atoms with Gasteiger partial charge in [0.1, 0.15) is 5.69 Å². The van der Waals surface area contributed by atoms with E-state index in [0.29, 0.717) is 22.9 Å². The molecule has 2 N–H and O–H groups in total. The molecule has 0 radical (unpaired) electrons. The number of halogens is 1. The van der Waals surface area contributed by atoms with Crippen LogP contribution in [0.2, 0.25) is 5.02 Å². The second kappa shape index (κ2) is 5.50. The van der Waals surface area contributed by atoms with E-state index in [9.17, 15) is 4.79 Å². The summed E-state index contributed by atoms with van der Waals surface area (Å²) >= 11 is 6.27. The zero-order valence-corrected chi connectivity index (χ0v) is 12.5. The van der Waals surface area contributed by atoms with Gasteiger partial charge < -0.3 is 10.6 Å². The fourth-order valence-corrected chi connectivity index (χ4v) is 2.80. The molecule has 1 atom stereocenters. The molecule has 6 heteroatoms. The molecule has 0 bridgehead atoms. The van der Waals surface area contributed by atoms with E-state index in [1.54, 1.807) is 23.1 Å². The van der Waals surface area contributed by atoms with Gasteiger partial charge in [-0.3, -0.25) is 4.79 Å². The third kappa shape index (κ3) is 2.66. The number of para-hydroxylation sites is 1. The Balaban J connectivity index is 1.93. The van der Waals surface area contributed by atoms with Crippen molar-refractivity contribution in [3.05, 3.63) is 41.7 Å². The van der Waals surface area contributed by atoms with Crippen molar-refractivity contribution in [2.75, 3.05) is 18.4 Å². The Morgan fingerprint density at radius 3 is 3.00 bits per heavy atom. The Morgan fingerprint density at radius 1 is 1.48 bits per heavy atom. The van der Waals surface area contributed by atoms with E-state index in [0.717, 1.165) is 13.0 Å². The van der Waals surface area contributed by atoms with Crippen LogP contribution in [-0.2, 0) is 4.79 Å². The summed E-state index contributed by atoms with van der Waals surface area (Å²) in [6.45, 7) is 3.53. The molecule has 5 nitrogen and oxygen atoms in total. The van der Waals surface area contributed by atoms with Crippen LogP contribution in [-0.4, -0.2) is 28.8 Å². The van der Waals surface area contributed by atoms with Crippen LogP contribution >= 0.6 is 11.6 Å². The molecule has 0 aliphatic carbocycles. The first kappa shape index (κ1) is 14.1. The number of nitrogens with zero attached hydrogens (tertiary/aromatic N) is 2. The highest BCUT2D eigenvalue weighted by atomic mass is 35.5. The van der Waals surface area contributed by atoms with E-state index in [2.05, 4.69) is 15.7 Å². The molecule has 1 aliphatic heterocycles. The summed E-state index contributed by atoms with van der Waals surface area (Å²) in [5.41, 5.74) is 0.973. The second-order valence-corrected chi connectivity index (χ2v) is 5.94. The van der Waals surface area contributed by atoms with Crippen molar-refractivity contribution in [2.24, 2.45) is 5.41 Å². The number of rotatable bonds is 3. The standard InChI is InChI=1S/C15H17ClN4O/c1-15(6-8-17-10-15)14(21)19-12-5-2-4-11(16)13(12)20-9-3-7-18-20/h2-5,7,9,17H,6,8,10H2,1H3,(H,19,21). The summed E-state index contributed by atoms with van der Waals surface area (Å²) in [6, 6.07) is 7.26. The van der Waals surface area contributed by atoms with Crippen LogP contribution < -0.4 is 10.6 Å². The van der Waals surface area contributed by atoms with Gasteiger partial charge in [0, 0.05) is 18.9 Å². The minimum atomic E-state index is -0.385. The topological polar surface area (TPSA) is 59.0 Å². The maximum absolute atomic E-state index is 12.5. The summed E-state index contributed by atoms with van der Waals surface area (Å²) in [7, 11) is 0. The zero-order chi connectivity index (χ0) is 14.9. The summed E-state index contributed by atoms with van der Waals surface area (Å²) in [5, 5.41) is 11.0. The number of nitrogens with one attached hydrogen (secondary N) is 2. The smallest absolute Gasteiger partial charge is 0.231 e. The number of hydrogen-bond donors (Lipinski definition) is 2. The summed E-state index contributed by atoms with van der Waals surface area (Å²) < 4.78 is 1.66. The minimum Gasteiger partial charge on any atom is -0.324 e. The zero-order valence-electron chi connectivity index (χ0n) is 11.8. The maximum atomic E-state index is 12.5. The molecular formula is C15H17ClN4O. The van der Waals surface area contributed by atoms with E-state index >= 15 is 0 Å². The van der Waals surface area contributed by atoms with Crippen molar-refractivity contribution < 1.29 is 4.79 Å². The molecule has 0 saturated carbocycles. The number of carbonyl (C=O) groups excluding carboxylic acids is 1. The minimum absolute atomic E-state index is 0.00294. The lowest BCUT2D eigenvalue weighted by Gasteiger charge is -2.22. The van der Waals surface area contributed by atoms with Crippen LogP contribution in [0.15, 0.2) is 36.7 Å². The molecule has 1 unspecified atom stereocenters. The first-order chi connectivity index (χ1) is 10.1. The van der Waals surface area contributed by atoms with Crippen LogP contribution in [0, 0.1) is 5.41 Å². The molecule has 0 spiro atoms. The lowest BCUT2D eigenvalue weighted by molar-refractivity contribution is -0.123. The first-order valence-electron chi connectivity index (χ1n) is 6.91. The average Bonchev–Trinajstić information content (AvgIpc) is 3.11. The quantitative estimate of drug-likeness (QED) is 0.916. The molecule has 2 aromatic rings. The van der Waals surface area contributed by atoms with E-state index < -0.39 is 0 Å². The van der Waals surface area contributed by atoms with Crippen molar-refractivity contribution in [1.29, 1.82) is 0 Å². The van der Waals surface area contributed by atoms with Crippen molar-refractivity contribution in [1.82, 2.24) is 15.1 Å². The number of carbonyl (C=O) groups is 1. The van der Waals surface area contributed by atoms with Gasteiger partial charge in [0.15, 0.2) is 0 Å². The molecule has 21 heavy (non-hydrogen) atoms. The van der Waals surface area contributed by atoms with E-state index in [1.165, 1.54) is 0 Å². The fraction of sp³-hybridized carbons (Fsp3) is 0.333. The van der Waals surface area contributed by atoms with Gasteiger partial charge in [-0.2, -0.15) is 5.10 Å². The predicted molar refractivity (Wildman–Crippen MR) is 82.8 cm³/mol. The fourth-order valence-electron chi connectivity index (χ4n) is 2.53. The van der Waals surface area contributed by atoms with Gasteiger partial charge in [-0.1, -0.05) is 17.7 Å². The summed E-state index contributed by atoms with van der Waals surface area (Å²) in [6.07, 6.45) is 4.31. The predicted octanol–water partition coefficient (Wildman–Crippen LogP) is 2.46. The Kier molecular flexibility index (Phi) is 3.69. The van der Waals surface area contributed by atoms with Gasteiger partial charge >= 0.3 is 0 Å². The van der Waals surface area contributed by atoms with Crippen LogP contribution in [0.25, 0.3) is 5.69 Å². The highest BCUT2D eigenvalue weighted by Crippen LogP contribution is 2.31. The van der Waals surface area contributed by atoms with Gasteiger partial charge in [0.25, 0.3) is 0 Å². The highest BCUT2D eigenvalue weighted by Gasteiger charge is 2.36. The number of aromatic nitrogens is 2. The van der Waals surface area contributed by atoms with Crippen molar-refractivity contribution in [3.63, 3.8) is 0 Å². The summed E-state index contributed by atoms with van der Waals surface area (Å²) in [4.78, 5) is 12.5. The Bertz CT molecular complexity index is 648. The number of hydrogen-bond acceptors (Lipinski definition) is 3. The molecule has 1 aromatic carbocycles. The molecule has 1 fully saturated rings. The molecule has 1 aliphatic rings. The van der Waals surface area contributed by atoms with Gasteiger partial charge in [-0.05, 0) is 38.1 Å². The highest BCUT2D eigenvalue weighted by molar-refractivity contribution is 6.33. The monoisotopic (exact) mass is 304 g/mol. The first-order valence-corrected chi connectivity index (χ1v) is 7.29. The number of anilines is 1. The van der Waals surface area contributed by atoms with Gasteiger partial charge in [0.05, 0.1) is 16.1 Å². The molecule has 3 rings (SSSR count). The van der Waals surface area contributed by atoms with E-state index in [4.69, 9.17) is 11.6 Å². The van der Waals surface area contributed by atoms with Gasteiger partial charge in [-0.25, -0.2) is 4.68 Å². The SMILES string of the molecule is CC1(C(=O)Nc2cccc(Cl)c2-n2cccn2)CCNC1. The van der Waals surface area contributed by atoms with Crippen LogP contribution in [0.1, 0.15) is 13.3 Å². The lowest BCUT2D eigenvalue weighted by atomic mass is 9.88. The van der Waals surface area contributed by atoms with Gasteiger partial charge in [0.2, 0.25) is 5.91 Å². The van der Waals surface area contributed by atoms with Crippen LogP contribution in [0.4, 0.5) is 5.69 Å². The van der Waals surface area contributed by atoms with Gasteiger partial charge in [-0.15, -0.1) is 0 Å². The van der Waals surface area contributed by atoms with Crippen molar-refractivity contribution in [3.8, 4) is 5.69 Å². The van der Waals surface area contributed by atoms with E-state index in [1.807, 2.05) is 25.1 Å². The van der Waals surface area contributed by atoms with Crippen molar-refractivity contribution in [2.45, 2.75) is 13.3 Å². The molecule has 1 amide bonds. The molecule has 110 valence electrons. The Morgan fingerprint density at radius 2 is 2.33 bits per heavy atom. The average molecular weight is 305 g/mol. The molecular weight excluding hydrogens is 288 g/mol. The molecule has 1 saturated heterocycles. The third-order valence-electron chi connectivity index (χ3n) is 3.89. The maximum Gasteiger partial charge on any atom is 0.231 e.